The fourth-order valence-corrected chi connectivity index (χ4v) is 0.897. The first-order valence-electron chi connectivity index (χ1n) is 3.11. The minimum Gasteiger partial charge on any atom is -0.877 e. The van der Waals surface area contributed by atoms with E-state index in [9.17, 15) is 5.11 Å². The molecule has 1 aliphatic heterocycles. The van der Waals surface area contributed by atoms with Gasteiger partial charge in [-0.15, -0.1) is 16.5 Å². The van der Waals surface area contributed by atoms with Gasteiger partial charge in [0, 0.05) is 0 Å². The first kappa shape index (κ1) is 6.03. The molecule has 0 saturated carbocycles. The molecule has 11 heavy (non-hydrogen) atoms. The molecule has 0 amide bonds. The first-order chi connectivity index (χ1) is 5.40. The lowest BCUT2D eigenvalue weighted by molar-refractivity contribution is -0.229. The van der Waals surface area contributed by atoms with Gasteiger partial charge in [-0.05, 0) is 22.6 Å². The van der Waals surface area contributed by atoms with E-state index >= 15 is 0 Å². The highest BCUT2D eigenvalue weighted by molar-refractivity contribution is 5.38. The van der Waals surface area contributed by atoms with Crippen LogP contribution in [0.5, 0.6) is 0 Å². The Morgan fingerprint density at radius 1 is 1.36 bits per heavy atom. The van der Waals surface area contributed by atoms with Crippen LogP contribution in [0.1, 0.15) is 0 Å². The summed E-state index contributed by atoms with van der Waals surface area (Å²) in [6.45, 7) is 0. The van der Waals surface area contributed by atoms with E-state index in [1.807, 2.05) is 0 Å². The summed E-state index contributed by atoms with van der Waals surface area (Å²) in [5.74, 6) is 0. The fraction of sp³-hybridized carbons (Fsp3) is 0. The van der Waals surface area contributed by atoms with Crippen LogP contribution in [0.15, 0.2) is 33.6 Å². The van der Waals surface area contributed by atoms with Crippen molar-refractivity contribution in [3.05, 3.63) is 28.8 Å². The first-order valence-corrected chi connectivity index (χ1v) is 3.11. The molecule has 1 aliphatic rings. The Labute approximate surface area is 62.2 Å². The molecule has 0 spiro atoms. The third-order valence-electron chi connectivity index (χ3n) is 1.44. The minimum atomic E-state index is 0.597. The van der Waals surface area contributed by atoms with Crippen molar-refractivity contribution in [1.29, 1.82) is 0 Å². The molecule has 0 radical (unpaired) electrons. The van der Waals surface area contributed by atoms with Crippen molar-refractivity contribution in [2.75, 3.05) is 0 Å². The molecule has 0 fully saturated rings. The van der Waals surface area contributed by atoms with Crippen LogP contribution in [0.3, 0.4) is 0 Å². The monoisotopic (exact) mass is 146 g/mol. The van der Waals surface area contributed by atoms with Crippen molar-refractivity contribution in [1.82, 2.24) is 0 Å². The highest BCUT2D eigenvalue weighted by Gasteiger charge is 1.97. The van der Waals surface area contributed by atoms with Crippen LogP contribution >= 0.6 is 0 Å². The molecule has 4 nitrogen and oxygen atoms in total. The lowest BCUT2D eigenvalue weighted by atomic mass is 10.3. The molecule has 0 bridgehead atoms. The second-order valence-electron chi connectivity index (χ2n) is 2.16. The Kier molecular flexibility index (Phi) is 1.18. The molecule has 0 aromatic heterocycles. The number of hydrogen-bond donors (Lipinski definition) is 0. The average Bonchev–Trinajstić information content (AvgIpc) is 2.50. The van der Waals surface area contributed by atoms with E-state index < -0.39 is 0 Å². The summed E-state index contributed by atoms with van der Waals surface area (Å²) in [4.78, 5) is 0. The molecule has 0 atom stereocenters. The van der Waals surface area contributed by atoms with Gasteiger partial charge in [0.05, 0.1) is 0 Å². The predicted molar refractivity (Wildman–Crippen MR) is 36.2 cm³/mol. The quantitative estimate of drug-likeness (QED) is 0.483. The van der Waals surface area contributed by atoms with Crippen LogP contribution in [0.25, 0.3) is 6.26 Å². The standard InChI is InChI=1S/C7H5N3O/c11-4-5-1-2-6-7(3-5)9-10-8-6/h1-4,11H/p-1. The highest BCUT2D eigenvalue weighted by atomic mass is 16.2. The molecular weight excluding hydrogens is 142 g/mol. The molecule has 0 aliphatic carbocycles. The average molecular weight is 146 g/mol. The van der Waals surface area contributed by atoms with Crippen molar-refractivity contribution >= 4 is 11.9 Å². The predicted octanol–water partition coefficient (Wildman–Crippen LogP) is -0.583. The van der Waals surface area contributed by atoms with E-state index in [4.69, 9.17) is 0 Å². The summed E-state index contributed by atoms with van der Waals surface area (Å²) in [5.41, 5.74) is 0.662. The lowest BCUT2D eigenvalue weighted by Crippen LogP contribution is -2.09. The van der Waals surface area contributed by atoms with Crippen molar-refractivity contribution in [3.8, 4) is 0 Å². The van der Waals surface area contributed by atoms with Gasteiger partial charge in [0.1, 0.15) is 11.0 Å². The number of rotatable bonds is 0. The molecule has 0 saturated heterocycles. The number of benzene rings is 1. The van der Waals surface area contributed by atoms with Gasteiger partial charge in [-0.3, -0.25) is 0 Å². The molecule has 0 unspecified atom stereocenters. The van der Waals surface area contributed by atoms with Gasteiger partial charge >= 0.3 is 0 Å². The Balaban J connectivity index is 2.79. The van der Waals surface area contributed by atoms with E-state index in [-0.39, 0.29) is 0 Å². The van der Waals surface area contributed by atoms with Crippen LogP contribution in [0.2, 0.25) is 0 Å². The summed E-state index contributed by atoms with van der Waals surface area (Å²) in [6.07, 6.45) is 0.772. The van der Waals surface area contributed by atoms with E-state index in [1.165, 1.54) is 0 Å². The summed E-state index contributed by atoms with van der Waals surface area (Å²) >= 11 is 0. The largest absolute Gasteiger partial charge is 0.877 e. The highest BCUT2D eigenvalue weighted by Crippen LogP contribution is 2.05. The second kappa shape index (κ2) is 2.16. The van der Waals surface area contributed by atoms with Crippen molar-refractivity contribution in [2.45, 2.75) is 0 Å². The molecule has 0 N–H and O–H groups in total. The summed E-state index contributed by atoms with van der Waals surface area (Å²) in [5, 5.41) is 22.5. The molecule has 1 heterocycles. The number of fused-ring (bicyclic) bond motifs is 1. The molecule has 2 rings (SSSR count). The topological polar surface area (TPSA) is 60.1 Å². The van der Waals surface area contributed by atoms with Gasteiger partial charge in [0.25, 0.3) is 0 Å². The normalized spacial score (nSPS) is 14.7. The van der Waals surface area contributed by atoms with Gasteiger partial charge in [0.2, 0.25) is 0 Å². The summed E-state index contributed by atoms with van der Waals surface area (Å²) < 4.78 is 0. The third kappa shape index (κ3) is 0.881. The van der Waals surface area contributed by atoms with Crippen LogP contribution in [0, 0.1) is 0 Å². The summed E-state index contributed by atoms with van der Waals surface area (Å²) in [7, 11) is 0. The van der Waals surface area contributed by atoms with Crippen molar-refractivity contribution in [2.24, 2.45) is 15.4 Å². The lowest BCUT2D eigenvalue weighted by Gasteiger charge is -1.90. The molecule has 1 aromatic carbocycles. The Hall–Kier alpha value is -1.71. The van der Waals surface area contributed by atoms with E-state index in [2.05, 4.69) is 15.4 Å². The SMILES string of the molecule is [O-]C=c1ccc2c(c1)N=NN=2. The summed E-state index contributed by atoms with van der Waals surface area (Å²) in [6, 6.07) is 5.06. The molecular formula is C7H4N3O-. The van der Waals surface area contributed by atoms with Gasteiger partial charge in [-0.25, -0.2) is 0 Å². The van der Waals surface area contributed by atoms with Gasteiger partial charge in [-0.1, -0.05) is 6.07 Å². The van der Waals surface area contributed by atoms with E-state index in [0.29, 0.717) is 10.9 Å². The zero-order chi connectivity index (χ0) is 7.68. The van der Waals surface area contributed by atoms with Crippen LogP contribution in [0.4, 0.5) is 5.69 Å². The maximum absolute atomic E-state index is 10.3. The van der Waals surface area contributed by atoms with Gasteiger partial charge in [-0.2, -0.15) is 0 Å². The smallest absolute Gasteiger partial charge is 0.116 e. The minimum absolute atomic E-state index is 0.597. The Morgan fingerprint density at radius 2 is 2.27 bits per heavy atom. The zero-order valence-electron chi connectivity index (χ0n) is 5.56. The van der Waals surface area contributed by atoms with Gasteiger partial charge in [0.15, 0.2) is 0 Å². The van der Waals surface area contributed by atoms with Crippen molar-refractivity contribution < 1.29 is 5.11 Å². The van der Waals surface area contributed by atoms with Crippen LogP contribution in [-0.2, 0) is 0 Å². The molecule has 4 heteroatoms. The molecule has 54 valence electrons. The van der Waals surface area contributed by atoms with Gasteiger partial charge < -0.3 is 5.11 Å². The maximum Gasteiger partial charge on any atom is 0.116 e. The van der Waals surface area contributed by atoms with Crippen molar-refractivity contribution in [3.63, 3.8) is 0 Å². The van der Waals surface area contributed by atoms with Crippen LogP contribution < -0.4 is 15.7 Å². The zero-order valence-corrected chi connectivity index (χ0v) is 5.56. The molecule has 1 aromatic rings. The number of nitrogens with zero attached hydrogens (tertiary/aromatic N) is 3. The fourth-order valence-electron chi connectivity index (χ4n) is 0.897. The van der Waals surface area contributed by atoms with E-state index in [0.717, 1.165) is 11.6 Å². The van der Waals surface area contributed by atoms with E-state index in [1.54, 1.807) is 18.2 Å². The van der Waals surface area contributed by atoms with Crippen LogP contribution in [-0.4, -0.2) is 0 Å². The Morgan fingerprint density at radius 3 is 3.09 bits per heavy atom. The third-order valence-corrected chi connectivity index (χ3v) is 1.44. The second-order valence-corrected chi connectivity index (χ2v) is 2.16. The number of hydrogen-bond acceptors (Lipinski definition) is 4. The Bertz CT molecular complexity index is 422. The maximum atomic E-state index is 10.3.